The van der Waals surface area contributed by atoms with Crippen LogP contribution in [0.5, 0.6) is 0 Å². The van der Waals surface area contributed by atoms with Gasteiger partial charge in [0.2, 0.25) is 0 Å². The predicted molar refractivity (Wildman–Crippen MR) is 81.3 cm³/mol. The Kier molecular flexibility index (Phi) is 4.93. The van der Waals surface area contributed by atoms with E-state index in [1.54, 1.807) is 0 Å². The van der Waals surface area contributed by atoms with E-state index in [1.807, 2.05) is 38.2 Å². The minimum absolute atomic E-state index is 0.597. The Morgan fingerprint density at radius 2 is 1.90 bits per heavy atom. The number of rotatable bonds is 7. The molecule has 0 atom stereocenters. The number of hydrogen-bond acceptors (Lipinski definition) is 3. The van der Waals surface area contributed by atoms with Gasteiger partial charge in [-0.05, 0) is 18.4 Å². The topological polar surface area (TPSA) is 60.9 Å². The Hall–Kier alpha value is -1.65. The van der Waals surface area contributed by atoms with Crippen molar-refractivity contribution in [2.45, 2.75) is 38.8 Å². The van der Waals surface area contributed by atoms with E-state index in [9.17, 15) is 5.11 Å². The lowest BCUT2D eigenvalue weighted by molar-refractivity contribution is 0.0323. The second kappa shape index (κ2) is 6.68. The van der Waals surface area contributed by atoms with Gasteiger partial charge in [-0.25, -0.2) is 0 Å². The summed E-state index contributed by atoms with van der Waals surface area (Å²) in [6.45, 7) is 5.32. The summed E-state index contributed by atoms with van der Waals surface area (Å²) in [5, 5.41) is 20.8. The van der Waals surface area contributed by atoms with Crippen LogP contribution in [0.25, 0.3) is 11.3 Å². The van der Waals surface area contributed by atoms with Gasteiger partial charge in [0, 0.05) is 18.7 Å². The molecule has 4 heteroatoms. The van der Waals surface area contributed by atoms with Gasteiger partial charge in [0.15, 0.2) is 0 Å². The van der Waals surface area contributed by atoms with E-state index in [-0.39, 0.29) is 0 Å². The fourth-order valence-electron chi connectivity index (χ4n) is 2.23. The lowest BCUT2D eigenvalue weighted by atomic mass is 9.97. The molecule has 0 aliphatic carbocycles. The smallest absolute Gasteiger partial charge is 0.0766 e. The Bertz CT molecular complexity index is 518. The Morgan fingerprint density at radius 1 is 1.20 bits per heavy atom. The molecule has 0 saturated heterocycles. The van der Waals surface area contributed by atoms with Crippen molar-refractivity contribution in [2.24, 2.45) is 0 Å². The lowest BCUT2D eigenvalue weighted by Crippen LogP contribution is -2.39. The SMILES string of the molecule is CCC(O)(CC)CNCc1cn[nH]c1-c1ccccc1. The van der Waals surface area contributed by atoms with Crippen molar-refractivity contribution in [3.05, 3.63) is 42.1 Å². The summed E-state index contributed by atoms with van der Waals surface area (Å²) in [5.41, 5.74) is 2.67. The molecule has 0 amide bonds. The summed E-state index contributed by atoms with van der Waals surface area (Å²) in [5.74, 6) is 0. The molecular formula is C16H23N3O. The second-order valence-electron chi connectivity index (χ2n) is 5.17. The van der Waals surface area contributed by atoms with Gasteiger partial charge in [0.25, 0.3) is 0 Å². The monoisotopic (exact) mass is 273 g/mol. The first-order chi connectivity index (χ1) is 9.68. The van der Waals surface area contributed by atoms with E-state index in [0.717, 1.165) is 29.7 Å². The van der Waals surface area contributed by atoms with Crippen LogP contribution in [0.4, 0.5) is 0 Å². The third-order valence-corrected chi connectivity index (χ3v) is 3.87. The summed E-state index contributed by atoms with van der Waals surface area (Å²) in [4.78, 5) is 0. The van der Waals surface area contributed by atoms with Gasteiger partial charge in [0.1, 0.15) is 0 Å². The number of nitrogens with one attached hydrogen (secondary N) is 2. The van der Waals surface area contributed by atoms with Crippen LogP contribution < -0.4 is 5.32 Å². The molecule has 3 N–H and O–H groups in total. The summed E-state index contributed by atoms with van der Waals surface area (Å²) in [6.07, 6.45) is 3.35. The maximum absolute atomic E-state index is 10.3. The van der Waals surface area contributed by atoms with Gasteiger partial charge in [-0.3, -0.25) is 5.10 Å². The number of aliphatic hydroxyl groups is 1. The van der Waals surface area contributed by atoms with Gasteiger partial charge in [-0.2, -0.15) is 5.10 Å². The fraction of sp³-hybridized carbons (Fsp3) is 0.438. The highest BCUT2D eigenvalue weighted by atomic mass is 16.3. The molecule has 0 aliphatic heterocycles. The molecule has 2 aromatic rings. The van der Waals surface area contributed by atoms with Gasteiger partial charge in [-0.1, -0.05) is 44.2 Å². The van der Waals surface area contributed by atoms with Crippen LogP contribution in [-0.2, 0) is 6.54 Å². The second-order valence-corrected chi connectivity index (χ2v) is 5.17. The molecule has 0 saturated carbocycles. The Morgan fingerprint density at radius 3 is 2.55 bits per heavy atom. The Balaban J connectivity index is 2.00. The zero-order chi connectivity index (χ0) is 14.4. The average Bonchev–Trinajstić information content (AvgIpc) is 2.96. The van der Waals surface area contributed by atoms with E-state index in [4.69, 9.17) is 0 Å². The highest BCUT2D eigenvalue weighted by Gasteiger charge is 2.21. The van der Waals surface area contributed by atoms with Crippen LogP contribution in [0, 0.1) is 0 Å². The average molecular weight is 273 g/mol. The van der Waals surface area contributed by atoms with Crippen molar-refractivity contribution in [3.8, 4) is 11.3 Å². The van der Waals surface area contributed by atoms with Crippen LogP contribution in [0.2, 0.25) is 0 Å². The zero-order valence-corrected chi connectivity index (χ0v) is 12.2. The lowest BCUT2D eigenvalue weighted by Gasteiger charge is -2.25. The molecule has 0 fully saturated rings. The number of hydrogen-bond donors (Lipinski definition) is 3. The standard InChI is InChI=1S/C16H23N3O/c1-3-16(20,4-2)12-17-10-14-11-18-19-15(14)13-8-6-5-7-9-13/h5-9,11,17,20H,3-4,10,12H2,1-2H3,(H,18,19). The normalized spacial score (nSPS) is 11.8. The van der Waals surface area contributed by atoms with Gasteiger partial charge in [0.05, 0.1) is 17.5 Å². The van der Waals surface area contributed by atoms with E-state index < -0.39 is 5.60 Å². The highest BCUT2D eigenvalue weighted by Crippen LogP contribution is 2.20. The fourth-order valence-corrected chi connectivity index (χ4v) is 2.23. The van der Waals surface area contributed by atoms with Crippen LogP contribution in [0.3, 0.4) is 0 Å². The predicted octanol–water partition coefficient (Wildman–Crippen LogP) is 2.72. The van der Waals surface area contributed by atoms with E-state index in [0.29, 0.717) is 13.1 Å². The van der Waals surface area contributed by atoms with Gasteiger partial charge >= 0.3 is 0 Å². The van der Waals surface area contributed by atoms with Crippen molar-refractivity contribution >= 4 is 0 Å². The molecule has 0 aliphatic rings. The van der Waals surface area contributed by atoms with Crippen LogP contribution in [0.15, 0.2) is 36.5 Å². The molecule has 2 rings (SSSR count). The first kappa shape index (κ1) is 14.8. The first-order valence-corrected chi connectivity index (χ1v) is 7.19. The van der Waals surface area contributed by atoms with Crippen molar-refractivity contribution in [3.63, 3.8) is 0 Å². The van der Waals surface area contributed by atoms with Crippen LogP contribution in [0.1, 0.15) is 32.3 Å². The van der Waals surface area contributed by atoms with E-state index in [2.05, 4.69) is 27.6 Å². The highest BCUT2D eigenvalue weighted by molar-refractivity contribution is 5.62. The number of aromatic amines is 1. The molecule has 0 spiro atoms. The third kappa shape index (κ3) is 3.46. The van der Waals surface area contributed by atoms with Crippen LogP contribution >= 0.6 is 0 Å². The molecule has 108 valence electrons. The maximum Gasteiger partial charge on any atom is 0.0766 e. The van der Waals surface area contributed by atoms with Crippen molar-refractivity contribution in [2.75, 3.05) is 6.54 Å². The molecule has 20 heavy (non-hydrogen) atoms. The Labute approximate surface area is 120 Å². The molecule has 0 radical (unpaired) electrons. The quantitative estimate of drug-likeness (QED) is 0.727. The minimum atomic E-state index is -0.614. The summed E-state index contributed by atoms with van der Waals surface area (Å²) in [6, 6.07) is 10.2. The van der Waals surface area contributed by atoms with Gasteiger partial charge < -0.3 is 10.4 Å². The number of nitrogens with zero attached hydrogens (tertiary/aromatic N) is 1. The molecule has 1 aromatic carbocycles. The zero-order valence-electron chi connectivity index (χ0n) is 12.2. The van der Waals surface area contributed by atoms with Crippen molar-refractivity contribution < 1.29 is 5.11 Å². The van der Waals surface area contributed by atoms with E-state index in [1.165, 1.54) is 0 Å². The van der Waals surface area contributed by atoms with Crippen LogP contribution in [-0.4, -0.2) is 27.4 Å². The summed E-state index contributed by atoms with van der Waals surface area (Å²) < 4.78 is 0. The minimum Gasteiger partial charge on any atom is -0.389 e. The van der Waals surface area contributed by atoms with Gasteiger partial charge in [-0.15, -0.1) is 0 Å². The molecule has 1 aromatic heterocycles. The summed E-state index contributed by atoms with van der Waals surface area (Å²) in [7, 11) is 0. The molecule has 0 bridgehead atoms. The number of H-pyrrole nitrogens is 1. The largest absolute Gasteiger partial charge is 0.389 e. The number of aromatic nitrogens is 2. The molecule has 0 unspecified atom stereocenters. The van der Waals surface area contributed by atoms with E-state index >= 15 is 0 Å². The first-order valence-electron chi connectivity index (χ1n) is 7.19. The molecule has 4 nitrogen and oxygen atoms in total. The van der Waals surface area contributed by atoms with Crippen molar-refractivity contribution in [1.82, 2.24) is 15.5 Å². The molecular weight excluding hydrogens is 250 g/mol. The molecule has 1 heterocycles. The third-order valence-electron chi connectivity index (χ3n) is 3.87. The van der Waals surface area contributed by atoms with Crippen molar-refractivity contribution in [1.29, 1.82) is 0 Å². The number of benzene rings is 1. The summed E-state index contributed by atoms with van der Waals surface area (Å²) >= 11 is 0. The maximum atomic E-state index is 10.3.